The molecule has 1 aromatic heterocycles. The van der Waals surface area contributed by atoms with Crippen molar-refractivity contribution in [1.82, 2.24) is 4.98 Å². The second kappa shape index (κ2) is 2.68. The van der Waals surface area contributed by atoms with Crippen LogP contribution in [0.25, 0.3) is 0 Å². The predicted octanol–water partition coefficient (Wildman–Crippen LogP) is 1.48. The minimum Gasteiger partial charge on any atom is -0.317 e. The topological polar surface area (TPSA) is 24.9 Å². The quantitative estimate of drug-likeness (QED) is 0.461. The third-order valence-electron chi connectivity index (χ3n) is 0.830. The monoisotopic (exact) mass is 144 g/mol. The molecule has 0 bridgehead atoms. The minimum atomic E-state index is -0.506. The first-order chi connectivity index (χ1) is 4.33. The molecule has 2 nitrogen and oxygen atoms in total. The maximum Gasteiger partial charge on any atom is 0.214 e. The first-order valence-corrected chi connectivity index (χ1v) is 2.80. The van der Waals surface area contributed by atoms with Crippen LogP contribution in [0.4, 0.5) is 10.2 Å². The number of aromatic nitrogens is 1. The lowest BCUT2D eigenvalue weighted by molar-refractivity contribution is 0.586. The standard InChI is InChI=1S/C5H5FN2S/c6-4-2-1-3-5(7-4)8-9/h1-3,9H,(H,7,8). The van der Waals surface area contributed by atoms with Crippen LogP contribution in [0.3, 0.4) is 0 Å². The van der Waals surface area contributed by atoms with Crippen LogP contribution in [0, 0.1) is 5.95 Å². The summed E-state index contributed by atoms with van der Waals surface area (Å²) in [6.45, 7) is 0. The molecular weight excluding hydrogens is 139 g/mol. The Hall–Kier alpha value is -0.770. The van der Waals surface area contributed by atoms with Gasteiger partial charge in [0.2, 0.25) is 5.95 Å². The van der Waals surface area contributed by atoms with Crippen molar-refractivity contribution in [2.45, 2.75) is 0 Å². The normalized spacial score (nSPS) is 9.11. The van der Waals surface area contributed by atoms with E-state index in [1.165, 1.54) is 6.07 Å². The van der Waals surface area contributed by atoms with Gasteiger partial charge in [-0.2, -0.15) is 4.39 Å². The van der Waals surface area contributed by atoms with E-state index in [-0.39, 0.29) is 0 Å². The summed E-state index contributed by atoms with van der Waals surface area (Å²) in [5, 5.41) is 0. The van der Waals surface area contributed by atoms with Crippen molar-refractivity contribution in [2.24, 2.45) is 0 Å². The maximum atomic E-state index is 12.2. The second-order valence-electron chi connectivity index (χ2n) is 1.46. The number of hydrogen-bond acceptors (Lipinski definition) is 3. The van der Waals surface area contributed by atoms with Gasteiger partial charge in [-0.05, 0) is 12.1 Å². The molecule has 0 spiro atoms. The smallest absolute Gasteiger partial charge is 0.214 e. The van der Waals surface area contributed by atoms with Gasteiger partial charge >= 0.3 is 0 Å². The van der Waals surface area contributed by atoms with E-state index in [2.05, 4.69) is 22.5 Å². The Morgan fingerprint density at radius 3 is 2.78 bits per heavy atom. The van der Waals surface area contributed by atoms with E-state index in [4.69, 9.17) is 0 Å². The van der Waals surface area contributed by atoms with Crippen LogP contribution in [0.1, 0.15) is 0 Å². The summed E-state index contributed by atoms with van der Waals surface area (Å²) in [4.78, 5) is 3.44. The van der Waals surface area contributed by atoms with E-state index in [0.717, 1.165) is 0 Å². The van der Waals surface area contributed by atoms with Crippen LogP contribution in [-0.2, 0) is 0 Å². The Balaban J connectivity index is 2.94. The van der Waals surface area contributed by atoms with E-state index >= 15 is 0 Å². The molecule has 1 N–H and O–H groups in total. The molecule has 0 unspecified atom stereocenters. The fraction of sp³-hybridized carbons (Fsp3) is 0. The van der Waals surface area contributed by atoms with Gasteiger partial charge < -0.3 is 4.72 Å². The molecule has 0 aliphatic carbocycles. The van der Waals surface area contributed by atoms with E-state index < -0.39 is 5.95 Å². The van der Waals surface area contributed by atoms with Gasteiger partial charge in [-0.1, -0.05) is 18.9 Å². The second-order valence-corrected chi connectivity index (χ2v) is 1.68. The summed E-state index contributed by atoms with van der Waals surface area (Å²) in [5.41, 5.74) is 0. The van der Waals surface area contributed by atoms with Gasteiger partial charge in [0, 0.05) is 0 Å². The lowest BCUT2D eigenvalue weighted by Crippen LogP contribution is -1.87. The Bertz CT molecular complexity index is 204. The fourth-order valence-corrected chi connectivity index (χ4v) is 0.595. The average molecular weight is 144 g/mol. The highest BCUT2D eigenvalue weighted by atomic mass is 32.1. The highest BCUT2D eigenvalue weighted by molar-refractivity contribution is 7.81. The van der Waals surface area contributed by atoms with Crippen LogP contribution in [0.15, 0.2) is 18.2 Å². The Morgan fingerprint density at radius 1 is 1.56 bits per heavy atom. The zero-order chi connectivity index (χ0) is 6.69. The van der Waals surface area contributed by atoms with Crippen molar-refractivity contribution in [1.29, 1.82) is 0 Å². The molecule has 0 aliphatic heterocycles. The van der Waals surface area contributed by atoms with Crippen LogP contribution in [-0.4, -0.2) is 4.98 Å². The molecule has 1 heterocycles. The van der Waals surface area contributed by atoms with Crippen molar-refractivity contribution < 1.29 is 4.39 Å². The molecule has 0 atom stereocenters. The van der Waals surface area contributed by atoms with Gasteiger partial charge in [-0.25, -0.2) is 4.98 Å². The van der Waals surface area contributed by atoms with Crippen molar-refractivity contribution in [3.05, 3.63) is 24.1 Å². The molecule has 4 heteroatoms. The fourth-order valence-electron chi connectivity index (χ4n) is 0.471. The number of nitrogens with zero attached hydrogens (tertiary/aromatic N) is 1. The maximum absolute atomic E-state index is 12.2. The van der Waals surface area contributed by atoms with Gasteiger partial charge in [0.1, 0.15) is 5.82 Å². The number of rotatable bonds is 1. The van der Waals surface area contributed by atoms with Crippen molar-refractivity contribution in [2.75, 3.05) is 4.72 Å². The molecule has 9 heavy (non-hydrogen) atoms. The van der Waals surface area contributed by atoms with Gasteiger partial charge in [0.05, 0.1) is 0 Å². The lowest BCUT2D eigenvalue weighted by atomic mass is 10.5. The van der Waals surface area contributed by atoms with Crippen molar-refractivity contribution in [3.8, 4) is 0 Å². The number of anilines is 1. The van der Waals surface area contributed by atoms with Crippen LogP contribution < -0.4 is 4.72 Å². The Kier molecular flexibility index (Phi) is 1.89. The zero-order valence-corrected chi connectivity index (χ0v) is 5.40. The molecule has 0 saturated carbocycles. The van der Waals surface area contributed by atoms with Crippen molar-refractivity contribution in [3.63, 3.8) is 0 Å². The summed E-state index contributed by atoms with van der Waals surface area (Å²) in [7, 11) is 0. The first kappa shape index (κ1) is 6.35. The number of halogens is 1. The number of nitrogens with one attached hydrogen (secondary N) is 1. The largest absolute Gasteiger partial charge is 0.317 e. The number of hydrogen-bond donors (Lipinski definition) is 2. The van der Waals surface area contributed by atoms with Gasteiger partial charge in [0.25, 0.3) is 0 Å². The molecule has 0 aromatic carbocycles. The SMILES string of the molecule is Fc1cccc(NS)n1. The molecular formula is C5H5FN2S. The Labute approximate surface area is 57.7 Å². The molecule has 0 radical (unpaired) electrons. The summed E-state index contributed by atoms with van der Waals surface area (Å²) >= 11 is 3.68. The van der Waals surface area contributed by atoms with E-state index in [9.17, 15) is 4.39 Å². The predicted molar refractivity (Wildman–Crippen MR) is 36.8 cm³/mol. The third kappa shape index (κ3) is 1.57. The minimum absolute atomic E-state index is 0.415. The molecule has 0 saturated heterocycles. The number of thiol groups is 1. The molecule has 48 valence electrons. The summed E-state index contributed by atoms with van der Waals surface area (Å²) < 4.78 is 14.6. The van der Waals surface area contributed by atoms with Crippen LogP contribution in [0.5, 0.6) is 0 Å². The molecule has 1 aromatic rings. The van der Waals surface area contributed by atoms with Gasteiger partial charge in [-0.15, -0.1) is 0 Å². The third-order valence-corrected chi connectivity index (χ3v) is 1.06. The molecule has 0 aliphatic rings. The highest BCUT2D eigenvalue weighted by Gasteiger charge is 1.90. The van der Waals surface area contributed by atoms with Gasteiger partial charge in [-0.3, -0.25) is 0 Å². The van der Waals surface area contributed by atoms with E-state index in [1.54, 1.807) is 12.1 Å². The summed E-state index contributed by atoms with van der Waals surface area (Å²) in [6.07, 6.45) is 0. The lowest BCUT2D eigenvalue weighted by Gasteiger charge is -1.93. The van der Waals surface area contributed by atoms with Crippen LogP contribution >= 0.6 is 12.8 Å². The molecule has 0 amide bonds. The number of pyridine rings is 1. The zero-order valence-electron chi connectivity index (χ0n) is 4.50. The van der Waals surface area contributed by atoms with E-state index in [0.29, 0.717) is 5.82 Å². The summed E-state index contributed by atoms with van der Waals surface area (Å²) in [5.74, 6) is -0.0904. The van der Waals surface area contributed by atoms with E-state index in [1.807, 2.05) is 0 Å². The molecule has 1 rings (SSSR count). The summed E-state index contributed by atoms with van der Waals surface area (Å²) in [6, 6.07) is 4.45. The average Bonchev–Trinajstić information content (AvgIpc) is 1.88. The van der Waals surface area contributed by atoms with Crippen molar-refractivity contribution >= 4 is 18.6 Å². The Morgan fingerprint density at radius 2 is 2.33 bits per heavy atom. The van der Waals surface area contributed by atoms with Crippen LogP contribution in [0.2, 0.25) is 0 Å². The highest BCUT2D eigenvalue weighted by Crippen LogP contribution is 2.02. The molecule has 0 fully saturated rings. The first-order valence-electron chi connectivity index (χ1n) is 2.35. The van der Waals surface area contributed by atoms with Gasteiger partial charge in [0.15, 0.2) is 0 Å².